The SMILES string of the molecule is Cc1nc(-c2ccncc2)c(-c2ccc(F)c(NC(=O)Nc3ccc(Cl)c(C)c3)c2)s1. The van der Waals surface area contributed by atoms with E-state index in [4.69, 9.17) is 11.6 Å². The first-order chi connectivity index (χ1) is 14.9. The summed E-state index contributed by atoms with van der Waals surface area (Å²) in [6.45, 7) is 3.76. The van der Waals surface area contributed by atoms with Crippen molar-refractivity contribution >= 4 is 40.3 Å². The van der Waals surface area contributed by atoms with Crippen molar-refractivity contribution in [3.05, 3.63) is 82.3 Å². The summed E-state index contributed by atoms with van der Waals surface area (Å²) < 4.78 is 14.4. The molecule has 0 aliphatic rings. The monoisotopic (exact) mass is 452 g/mol. The molecule has 0 aliphatic carbocycles. The molecule has 2 heterocycles. The molecule has 31 heavy (non-hydrogen) atoms. The van der Waals surface area contributed by atoms with Gasteiger partial charge in [-0.15, -0.1) is 11.3 Å². The van der Waals surface area contributed by atoms with E-state index in [0.717, 1.165) is 32.3 Å². The zero-order valence-electron chi connectivity index (χ0n) is 16.7. The fourth-order valence-corrected chi connectivity index (χ4v) is 4.15. The quantitative estimate of drug-likeness (QED) is 0.353. The first kappa shape index (κ1) is 21.0. The van der Waals surface area contributed by atoms with Crippen molar-refractivity contribution in [2.24, 2.45) is 0 Å². The van der Waals surface area contributed by atoms with E-state index in [1.165, 1.54) is 17.4 Å². The van der Waals surface area contributed by atoms with Crippen molar-refractivity contribution in [1.29, 1.82) is 0 Å². The number of rotatable bonds is 4. The van der Waals surface area contributed by atoms with Crippen LogP contribution in [-0.2, 0) is 0 Å². The van der Waals surface area contributed by atoms with Gasteiger partial charge in [0.15, 0.2) is 0 Å². The van der Waals surface area contributed by atoms with Crippen LogP contribution in [0.25, 0.3) is 21.7 Å². The minimum atomic E-state index is -0.549. The topological polar surface area (TPSA) is 66.9 Å². The molecule has 0 radical (unpaired) electrons. The molecule has 2 aromatic heterocycles. The molecule has 0 aliphatic heterocycles. The summed E-state index contributed by atoms with van der Waals surface area (Å²) in [5.41, 5.74) is 3.95. The summed E-state index contributed by atoms with van der Waals surface area (Å²) >= 11 is 7.52. The highest BCUT2D eigenvalue weighted by Gasteiger charge is 2.16. The lowest BCUT2D eigenvalue weighted by Crippen LogP contribution is -2.20. The zero-order chi connectivity index (χ0) is 22.0. The zero-order valence-corrected chi connectivity index (χ0v) is 18.3. The summed E-state index contributed by atoms with van der Waals surface area (Å²) in [7, 11) is 0. The lowest BCUT2D eigenvalue weighted by atomic mass is 10.1. The molecule has 8 heteroatoms. The van der Waals surface area contributed by atoms with Crippen molar-refractivity contribution in [3.63, 3.8) is 0 Å². The van der Waals surface area contributed by atoms with E-state index < -0.39 is 11.8 Å². The highest BCUT2D eigenvalue weighted by atomic mass is 35.5. The Hall–Kier alpha value is -3.29. The highest BCUT2D eigenvalue weighted by molar-refractivity contribution is 7.15. The molecule has 2 amide bonds. The number of hydrogen-bond acceptors (Lipinski definition) is 4. The number of halogens is 2. The van der Waals surface area contributed by atoms with Crippen LogP contribution in [0.2, 0.25) is 5.02 Å². The van der Waals surface area contributed by atoms with E-state index in [2.05, 4.69) is 20.6 Å². The number of anilines is 2. The maximum Gasteiger partial charge on any atom is 0.323 e. The van der Waals surface area contributed by atoms with E-state index in [-0.39, 0.29) is 5.69 Å². The number of carbonyl (C=O) groups is 1. The average molecular weight is 453 g/mol. The van der Waals surface area contributed by atoms with E-state index in [9.17, 15) is 9.18 Å². The second-order valence-electron chi connectivity index (χ2n) is 6.88. The summed E-state index contributed by atoms with van der Waals surface area (Å²) in [5.74, 6) is -0.530. The van der Waals surface area contributed by atoms with Crippen molar-refractivity contribution in [1.82, 2.24) is 9.97 Å². The van der Waals surface area contributed by atoms with Crippen LogP contribution in [0.1, 0.15) is 10.6 Å². The maximum absolute atomic E-state index is 14.4. The van der Waals surface area contributed by atoms with Gasteiger partial charge in [-0.25, -0.2) is 14.2 Å². The molecule has 156 valence electrons. The van der Waals surface area contributed by atoms with Crippen molar-refractivity contribution < 1.29 is 9.18 Å². The highest BCUT2D eigenvalue weighted by Crippen LogP contribution is 2.37. The molecule has 5 nitrogen and oxygen atoms in total. The summed E-state index contributed by atoms with van der Waals surface area (Å²) in [6, 6.07) is 13.0. The Bertz CT molecular complexity index is 1260. The number of thiazole rings is 1. The van der Waals surface area contributed by atoms with Crippen LogP contribution in [0.5, 0.6) is 0 Å². The summed E-state index contributed by atoms with van der Waals surface area (Å²) in [6.07, 6.45) is 3.41. The Kier molecular flexibility index (Phi) is 5.97. The Morgan fingerprint density at radius 2 is 1.77 bits per heavy atom. The largest absolute Gasteiger partial charge is 0.323 e. The predicted octanol–water partition coefficient (Wildman–Crippen LogP) is 6.93. The molecule has 0 atom stereocenters. The number of urea groups is 1. The van der Waals surface area contributed by atoms with Gasteiger partial charge in [0.25, 0.3) is 0 Å². The second kappa shape index (κ2) is 8.83. The molecule has 0 bridgehead atoms. The standard InChI is InChI=1S/C23H18ClFN4OS/c1-13-11-17(4-5-18(13)24)28-23(30)29-20-12-16(3-6-19(20)25)22-21(27-14(2)31-22)15-7-9-26-10-8-15/h3-12H,1-2H3,(H2,28,29,30). The number of aromatic nitrogens is 2. The van der Waals surface area contributed by atoms with Crippen molar-refractivity contribution in [2.75, 3.05) is 10.6 Å². The lowest BCUT2D eigenvalue weighted by Gasteiger charge is -2.11. The van der Waals surface area contributed by atoms with Gasteiger partial charge in [-0.1, -0.05) is 17.7 Å². The van der Waals surface area contributed by atoms with Crippen molar-refractivity contribution in [3.8, 4) is 21.7 Å². The van der Waals surface area contributed by atoms with Gasteiger partial charge in [0, 0.05) is 28.7 Å². The molecule has 0 unspecified atom stereocenters. The molecule has 0 saturated heterocycles. The van der Waals surface area contributed by atoms with E-state index >= 15 is 0 Å². The van der Waals surface area contributed by atoms with Crippen LogP contribution in [0.4, 0.5) is 20.6 Å². The third-order valence-corrected chi connectivity index (χ3v) is 6.02. The minimum Gasteiger partial charge on any atom is -0.308 e. The number of hydrogen-bond donors (Lipinski definition) is 2. The Morgan fingerprint density at radius 3 is 2.52 bits per heavy atom. The third kappa shape index (κ3) is 4.73. The van der Waals surface area contributed by atoms with Gasteiger partial charge in [-0.05, 0) is 67.4 Å². The molecule has 2 N–H and O–H groups in total. The van der Waals surface area contributed by atoms with Crippen LogP contribution >= 0.6 is 22.9 Å². The summed E-state index contributed by atoms with van der Waals surface area (Å²) in [4.78, 5) is 22.0. The van der Waals surface area contributed by atoms with Crippen LogP contribution in [0, 0.1) is 19.7 Å². The first-order valence-electron chi connectivity index (χ1n) is 9.42. The van der Waals surface area contributed by atoms with Gasteiger partial charge in [-0.3, -0.25) is 4.98 Å². The maximum atomic E-state index is 14.4. The summed E-state index contributed by atoms with van der Waals surface area (Å²) in [5, 5.41) is 6.77. The van der Waals surface area contributed by atoms with Crippen LogP contribution < -0.4 is 10.6 Å². The van der Waals surface area contributed by atoms with Crippen LogP contribution in [0.3, 0.4) is 0 Å². The molecular weight excluding hydrogens is 435 g/mol. The van der Waals surface area contributed by atoms with Gasteiger partial charge in [0.05, 0.1) is 21.3 Å². The van der Waals surface area contributed by atoms with Crippen LogP contribution in [-0.4, -0.2) is 16.0 Å². The number of aryl methyl sites for hydroxylation is 2. The van der Waals surface area contributed by atoms with Gasteiger partial charge in [0.1, 0.15) is 5.82 Å². The molecular formula is C23H18ClFN4OS. The van der Waals surface area contributed by atoms with Gasteiger partial charge in [0.2, 0.25) is 0 Å². The third-order valence-electron chi connectivity index (χ3n) is 4.58. The van der Waals surface area contributed by atoms with Crippen LogP contribution in [0.15, 0.2) is 60.9 Å². The van der Waals surface area contributed by atoms with E-state index in [1.54, 1.807) is 42.7 Å². The smallest absolute Gasteiger partial charge is 0.308 e. The normalized spacial score (nSPS) is 10.7. The fraction of sp³-hybridized carbons (Fsp3) is 0.0870. The fourth-order valence-electron chi connectivity index (χ4n) is 3.10. The molecule has 0 spiro atoms. The molecule has 0 saturated carbocycles. The Labute approximate surface area is 188 Å². The molecule has 4 rings (SSSR count). The molecule has 2 aromatic carbocycles. The Morgan fingerprint density at radius 1 is 1.00 bits per heavy atom. The number of nitrogens with one attached hydrogen (secondary N) is 2. The number of carbonyl (C=O) groups excluding carboxylic acids is 1. The second-order valence-corrected chi connectivity index (χ2v) is 8.49. The van der Waals surface area contributed by atoms with Crippen molar-refractivity contribution in [2.45, 2.75) is 13.8 Å². The van der Waals surface area contributed by atoms with E-state index in [1.807, 2.05) is 26.0 Å². The number of benzene rings is 2. The molecule has 4 aromatic rings. The number of nitrogens with zero attached hydrogens (tertiary/aromatic N) is 2. The Balaban J connectivity index is 1.61. The number of pyridine rings is 1. The average Bonchev–Trinajstić information content (AvgIpc) is 3.15. The van der Waals surface area contributed by atoms with Gasteiger partial charge in [-0.2, -0.15) is 0 Å². The molecule has 0 fully saturated rings. The predicted molar refractivity (Wildman–Crippen MR) is 124 cm³/mol. The first-order valence-corrected chi connectivity index (χ1v) is 10.6. The lowest BCUT2D eigenvalue weighted by molar-refractivity contribution is 0.262. The number of amides is 2. The minimum absolute atomic E-state index is 0.0763. The van der Waals surface area contributed by atoms with Gasteiger partial charge >= 0.3 is 6.03 Å². The van der Waals surface area contributed by atoms with Gasteiger partial charge < -0.3 is 10.6 Å². The van der Waals surface area contributed by atoms with E-state index in [0.29, 0.717) is 10.7 Å².